The Morgan fingerprint density at radius 3 is 2.75 bits per heavy atom. The molecule has 0 aromatic rings. The van der Waals surface area contributed by atoms with Crippen molar-refractivity contribution < 1.29 is 4.74 Å². The van der Waals surface area contributed by atoms with Gasteiger partial charge >= 0.3 is 0 Å². The van der Waals surface area contributed by atoms with Crippen molar-refractivity contribution in [3.05, 3.63) is 0 Å². The van der Waals surface area contributed by atoms with Crippen molar-refractivity contribution >= 4 is 5.96 Å². The Labute approximate surface area is 124 Å². The smallest absolute Gasteiger partial charge is 0.188 e. The molecule has 4 nitrogen and oxygen atoms in total. The van der Waals surface area contributed by atoms with E-state index in [0.717, 1.165) is 32.5 Å². The SMILES string of the molecule is CCCCCCCCN=C(N)NCCC1CCCCO1. The van der Waals surface area contributed by atoms with E-state index in [1.165, 1.54) is 51.4 Å². The summed E-state index contributed by atoms with van der Waals surface area (Å²) in [4.78, 5) is 4.37. The van der Waals surface area contributed by atoms with E-state index in [-0.39, 0.29) is 0 Å². The number of aliphatic imine (C=N–C) groups is 1. The average molecular weight is 283 g/mol. The molecule has 0 amide bonds. The second-order valence-electron chi connectivity index (χ2n) is 5.74. The number of hydrogen-bond donors (Lipinski definition) is 2. The molecule has 1 aliphatic heterocycles. The summed E-state index contributed by atoms with van der Waals surface area (Å²) in [6.45, 7) is 4.89. The third kappa shape index (κ3) is 9.18. The van der Waals surface area contributed by atoms with Crippen molar-refractivity contribution in [3.8, 4) is 0 Å². The number of guanidine groups is 1. The zero-order chi connectivity index (χ0) is 14.5. The molecule has 3 N–H and O–H groups in total. The van der Waals surface area contributed by atoms with E-state index in [1.54, 1.807) is 0 Å². The number of nitrogens with zero attached hydrogens (tertiary/aromatic N) is 1. The molecule has 1 saturated heterocycles. The summed E-state index contributed by atoms with van der Waals surface area (Å²) in [6.07, 6.45) is 12.9. The molecule has 0 aliphatic carbocycles. The fourth-order valence-corrected chi connectivity index (χ4v) is 2.54. The summed E-state index contributed by atoms with van der Waals surface area (Å²) in [6, 6.07) is 0. The van der Waals surface area contributed by atoms with Crippen LogP contribution in [0.15, 0.2) is 4.99 Å². The molecular formula is C16H33N3O. The van der Waals surface area contributed by atoms with Gasteiger partial charge in [0.2, 0.25) is 0 Å². The second kappa shape index (κ2) is 12.0. The van der Waals surface area contributed by atoms with Gasteiger partial charge in [-0.2, -0.15) is 0 Å². The minimum Gasteiger partial charge on any atom is -0.378 e. The number of nitrogens with two attached hydrogens (primary N) is 1. The van der Waals surface area contributed by atoms with E-state index in [1.807, 2.05) is 0 Å². The normalized spacial score (nSPS) is 20.1. The van der Waals surface area contributed by atoms with Gasteiger partial charge in [0.25, 0.3) is 0 Å². The van der Waals surface area contributed by atoms with Crippen molar-refractivity contribution in [2.45, 2.75) is 77.2 Å². The van der Waals surface area contributed by atoms with Crippen molar-refractivity contribution in [1.82, 2.24) is 5.32 Å². The van der Waals surface area contributed by atoms with Gasteiger partial charge in [0.1, 0.15) is 0 Å². The highest BCUT2D eigenvalue weighted by atomic mass is 16.5. The highest BCUT2D eigenvalue weighted by Gasteiger charge is 2.12. The van der Waals surface area contributed by atoms with Crippen LogP contribution in [0.2, 0.25) is 0 Å². The third-order valence-electron chi connectivity index (χ3n) is 3.84. The zero-order valence-electron chi connectivity index (χ0n) is 13.2. The molecule has 0 aromatic heterocycles. The lowest BCUT2D eigenvalue weighted by atomic mass is 10.1. The molecule has 1 aliphatic rings. The van der Waals surface area contributed by atoms with E-state index in [9.17, 15) is 0 Å². The first-order valence-electron chi connectivity index (χ1n) is 8.48. The maximum absolute atomic E-state index is 5.85. The molecule has 1 fully saturated rings. The molecule has 1 rings (SSSR count). The molecular weight excluding hydrogens is 250 g/mol. The summed E-state index contributed by atoms with van der Waals surface area (Å²) in [5, 5.41) is 3.19. The number of ether oxygens (including phenoxy) is 1. The first-order valence-corrected chi connectivity index (χ1v) is 8.48. The van der Waals surface area contributed by atoms with E-state index in [0.29, 0.717) is 12.1 Å². The number of unbranched alkanes of at least 4 members (excludes halogenated alkanes) is 5. The van der Waals surface area contributed by atoms with Crippen molar-refractivity contribution in [2.24, 2.45) is 10.7 Å². The summed E-state index contributed by atoms with van der Waals surface area (Å²) in [7, 11) is 0. The molecule has 118 valence electrons. The lowest BCUT2D eigenvalue weighted by Crippen LogP contribution is -2.34. The van der Waals surface area contributed by atoms with Crippen molar-refractivity contribution in [2.75, 3.05) is 19.7 Å². The summed E-state index contributed by atoms with van der Waals surface area (Å²) >= 11 is 0. The number of nitrogens with one attached hydrogen (secondary N) is 1. The first kappa shape index (κ1) is 17.3. The molecule has 0 bridgehead atoms. The van der Waals surface area contributed by atoms with Crippen LogP contribution in [0.1, 0.15) is 71.1 Å². The van der Waals surface area contributed by atoms with Gasteiger partial charge in [-0.3, -0.25) is 4.99 Å². The van der Waals surface area contributed by atoms with Gasteiger partial charge in [-0.1, -0.05) is 39.0 Å². The van der Waals surface area contributed by atoms with Crippen molar-refractivity contribution in [3.63, 3.8) is 0 Å². The quantitative estimate of drug-likeness (QED) is 0.368. The number of rotatable bonds is 10. The van der Waals surface area contributed by atoms with Gasteiger partial charge in [0, 0.05) is 19.7 Å². The van der Waals surface area contributed by atoms with Crippen LogP contribution in [0, 0.1) is 0 Å². The third-order valence-corrected chi connectivity index (χ3v) is 3.84. The average Bonchev–Trinajstić information content (AvgIpc) is 2.47. The summed E-state index contributed by atoms with van der Waals surface area (Å²) < 4.78 is 5.68. The Balaban J connectivity index is 1.92. The van der Waals surface area contributed by atoms with Gasteiger partial charge in [-0.25, -0.2) is 0 Å². The lowest BCUT2D eigenvalue weighted by Gasteiger charge is -2.22. The van der Waals surface area contributed by atoms with Crippen molar-refractivity contribution in [1.29, 1.82) is 0 Å². The van der Waals surface area contributed by atoms with Gasteiger partial charge in [-0.05, 0) is 32.1 Å². The summed E-state index contributed by atoms with van der Waals surface area (Å²) in [5.74, 6) is 0.592. The maximum Gasteiger partial charge on any atom is 0.188 e. The molecule has 0 aromatic carbocycles. The van der Waals surface area contributed by atoms with Gasteiger partial charge < -0.3 is 15.8 Å². The van der Waals surface area contributed by atoms with E-state index in [2.05, 4.69) is 17.2 Å². The molecule has 0 spiro atoms. The Morgan fingerprint density at radius 2 is 2.00 bits per heavy atom. The Kier molecular flexibility index (Phi) is 10.4. The predicted octanol–water partition coefficient (Wildman–Crippen LogP) is 3.21. The van der Waals surface area contributed by atoms with Crippen LogP contribution in [0.25, 0.3) is 0 Å². The minimum atomic E-state index is 0.419. The van der Waals surface area contributed by atoms with Crippen LogP contribution in [0.3, 0.4) is 0 Å². The molecule has 0 saturated carbocycles. The molecule has 0 radical (unpaired) electrons. The standard InChI is InChI=1S/C16H33N3O/c1-2-3-4-5-6-8-12-18-16(17)19-13-11-15-10-7-9-14-20-15/h15H,2-14H2,1H3,(H3,17,18,19). The van der Waals surface area contributed by atoms with E-state index < -0.39 is 0 Å². The fourth-order valence-electron chi connectivity index (χ4n) is 2.54. The number of hydrogen-bond acceptors (Lipinski definition) is 2. The highest BCUT2D eigenvalue weighted by Crippen LogP contribution is 2.14. The second-order valence-corrected chi connectivity index (χ2v) is 5.74. The van der Waals surface area contributed by atoms with Crippen LogP contribution in [-0.4, -0.2) is 31.8 Å². The van der Waals surface area contributed by atoms with Crippen LogP contribution in [-0.2, 0) is 4.74 Å². The minimum absolute atomic E-state index is 0.419. The van der Waals surface area contributed by atoms with E-state index >= 15 is 0 Å². The predicted molar refractivity (Wildman–Crippen MR) is 86.1 cm³/mol. The lowest BCUT2D eigenvalue weighted by molar-refractivity contribution is 0.0122. The Bertz CT molecular complexity index is 250. The fraction of sp³-hybridized carbons (Fsp3) is 0.938. The van der Waals surface area contributed by atoms with E-state index in [4.69, 9.17) is 10.5 Å². The van der Waals surface area contributed by atoms with Crippen LogP contribution in [0.4, 0.5) is 0 Å². The largest absolute Gasteiger partial charge is 0.378 e. The Hall–Kier alpha value is -0.770. The molecule has 1 atom stereocenters. The summed E-state index contributed by atoms with van der Waals surface area (Å²) in [5.41, 5.74) is 5.85. The molecule has 1 unspecified atom stereocenters. The first-order chi connectivity index (χ1) is 9.83. The van der Waals surface area contributed by atoms with Gasteiger partial charge in [0.15, 0.2) is 5.96 Å². The van der Waals surface area contributed by atoms with Crippen LogP contribution >= 0.6 is 0 Å². The molecule has 4 heteroatoms. The topological polar surface area (TPSA) is 59.6 Å². The van der Waals surface area contributed by atoms with Gasteiger partial charge in [0.05, 0.1) is 6.10 Å². The van der Waals surface area contributed by atoms with Crippen LogP contribution in [0.5, 0.6) is 0 Å². The maximum atomic E-state index is 5.85. The van der Waals surface area contributed by atoms with Crippen LogP contribution < -0.4 is 11.1 Å². The monoisotopic (exact) mass is 283 g/mol. The molecule has 20 heavy (non-hydrogen) atoms. The van der Waals surface area contributed by atoms with Gasteiger partial charge in [-0.15, -0.1) is 0 Å². The zero-order valence-corrected chi connectivity index (χ0v) is 13.2. The molecule has 1 heterocycles. The highest BCUT2D eigenvalue weighted by molar-refractivity contribution is 5.77. The Morgan fingerprint density at radius 1 is 1.20 bits per heavy atom.